The van der Waals surface area contributed by atoms with Gasteiger partial charge in [0.25, 0.3) is 5.56 Å². The summed E-state index contributed by atoms with van der Waals surface area (Å²) in [5, 5.41) is 10.1. The van der Waals surface area contributed by atoms with Crippen LogP contribution < -0.4 is 5.56 Å². The number of nitriles is 1. The Morgan fingerprint density at radius 1 is 1.09 bits per heavy atom. The number of halogens is 2. The number of benzene rings is 3. The molecule has 0 unspecified atom stereocenters. The molecular formula is C26H17ClFN3O3. The first-order valence-electron chi connectivity index (χ1n) is 10.2. The van der Waals surface area contributed by atoms with E-state index >= 15 is 0 Å². The molecular weight excluding hydrogens is 457 g/mol. The molecule has 0 aliphatic carbocycles. The lowest BCUT2D eigenvalue weighted by Crippen LogP contribution is -2.26. The Morgan fingerprint density at radius 2 is 1.79 bits per heavy atom. The van der Waals surface area contributed by atoms with E-state index < -0.39 is 17.3 Å². The van der Waals surface area contributed by atoms with Gasteiger partial charge in [-0.3, -0.25) is 9.36 Å². The molecule has 4 aromatic rings. The van der Waals surface area contributed by atoms with Crippen LogP contribution in [0.15, 0.2) is 77.6 Å². The zero-order valence-electron chi connectivity index (χ0n) is 17.7. The molecule has 0 radical (unpaired) electrons. The van der Waals surface area contributed by atoms with E-state index in [0.29, 0.717) is 27.1 Å². The lowest BCUT2D eigenvalue weighted by molar-refractivity contribution is -0.138. The molecule has 0 atom stereocenters. The van der Waals surface area contributed by atoms with Gasteiger partial charge in [0.15, 0.2) is 5.82 Å². The smallest absolute Gasteiger partial charge is 0.339 e. The van der Waals surface area contributed by atoms with Crippen LogP contribution in [-0.4, -0.2) is 15.5 Å². The third kappa shape index (κ3) is 5.03. The van der Waals surface area contributed by atoms with Crippen molar-refractivity contribution in [3.63, 3.8) is 0 Å². The normalized spacial score (nSPS) is 11.3. The number of esters is 1. The topological polar surface area (TPSA) is 85.0 Å². The number of para-hydroxylation sites is 1. The summed E-state index contributed by atoms with van der Waals surface area (Å²) < 4.78 is 20.1. The van der Waals surface area contributed by atoms with Crippen LogP contribution in [0.25, 0.3) is 22.6 Å². The summed E-state index contributed by atoms with van der Waals surface area (Å²) in [5.41, 5.74) is 1.35. The van der Waals surface area contributed by atoms with Gasteiger partial charge < -0.3 is 4.74 Å². The van der Waals surface area contributed by atoms with E-state index in [1.165, 1.54) is 28.8 Å². The van der Waals surface area contributed by atoms with E-state index in [1.54, 1.807) is 54.6 Å². The van der Waals surface area contributed by atoms with Crippen molar-refractivity contribution in [2.24, 2.45) is 0 Å². The number of rotatable bonds is 6. The highest BCUT2D eigenvalue weighted by molar-refractivity contribution is 6.30. The fourth-order valence-electron chi connectivity index (χ4n) is 3.38. The number of hydrogen-bond donors (Lipinski definition) is 0. The number of fused-ring (bicyclic) bond motifs is 1. The molecule has 6 nitrogen and oxygen atoms in total. The number of hydrogen-bond acceptors (Lipinski definition) is 5. The van der Waals surface area contributed by atoms with Crippen molar-refractivity contribution in [1.82, 2.24) is 9.55 Å². The largest absolute Gasteiger partial charge is 0.454 e. The van der Waals surface area contributed by atoms with Gasteiger partial charge in [-0.05, 0) is 53.6 Å². The molecule has 0 amide bonds. The molecule has 1 heterocycles. The summed E-state index contributed by atoms with van der Waals surface area (Å²) in [5.74, 6) is -1.00. The van der Waals surface area contributed by atoms with Gasteiger partial charge in [0.1, 0.15) is 19.0 Å². The van der Waals surface area contributed by atoms with Crippen LogP contribution in [0.3, 0.4) is 0 Å². The summed E-state index contributed by atoms with van der Waals surface area (Å²) >= 11 is 5.95. The SMILES string of the molecule is N#CCn1c(COC(=O)/C(=C/c2ccc(Cl)cc2)c2ccc(F)cc2)nc2ccccc2c1=O. The predicted octanol–water partition coefficient (Wildman–Crippen LogP) is 5.00. The summed E-state index contributed by atoms with van der Waals surface area (Å²) in [6.07, 6.45) is 1.60. The maximum atomic E-state index is 13.5. The van der Waals surface area contributed by atoms with Crippen LogP contribution in [0.2, 0.25) is 5.02 Å². The van der Waals surface area contributed by atoms with Gasteiger partial charge in [0, 0.05) is 5.02 Å². The summed E-state index contributed by atoms with van der Waals surface area (Å²) in [6.45, 7) is -0.575. The summed E-state index contributed by atoms with van der Waals surface area (Å²) in [4.78, 5) is 30.3. The van der Waals surface area contributed by atoms with Crippen molar-refractivity contribution in [1.29, 1.82) is 5.26 Å². The Morgan fingerprint density at radius 3 is 2.50 bits per heavy atom. The fraction of sp³-hybridized carbons (Fsp3) is 0.0769. The van der Waals surface area contributed by atoms with E-state index in [-0.39, 0.29) is 24.5 Å². The van der Waals surface area contributed by atoms with Crippen LogP contribution >= 0.6 is 11.6 Å². The lowest BCUT2D eigenvalue weighted by Gasteiger charge is -2.13. The number of aromatic nitrogens is 2. The van der Waals surface area contributed by atoms with Crippen LogP contribution in [0, 0.1) is 17.1 Å². The molecule has 0 spiro atoms. The minimum absolute atomic E-state index is 0.142. The molecule has 8 heteroatoms. The van der Waals surface area contributed by atoms with E-state index in [2.05, 4.69) is 4.98 Å². The molecule has 0 aliphatic rings. The van der Waals surface area contributed by atoms with Crippen molar-refractivity contribution in [2.75, 3.05) is 0 Å². The zero-order valence-corrected chi connectivity index (χ0v) is 18.5. The zero-order chi connectivity index (χ0) is 24.1. The Balaban J connectivity index is 1.68. The molecule has 0 fully saturated rings. The Hall–Kier alpha value is -4.28. The van der Waals surface area contributed by atoms with Crippen molar-refractivity contribution >= 4 is 40.1 Å². The Labute approximate surface area is 199 Å². The number of nitrogens with zero attached hydrogens (tertiary/aromatic N) is 3. The van der Waals surface area contributed by atoms with Crippen LogP contribution in [0.4, 0.5) is 4.39 Å². The van der Waals surface area contributed by atoms with Crippen LogP contribution in [-0.2, 0) is 22.7 Å². The van der Waals surface area contributed by atoms with Gasteiger partial charge in [0.05, 0.1) is 22.5 Å². The molecule has 0 aliphatic heterocycles. The molecule has 0 saturated heterocycles. The number of carbonyl (C=O) groups is 1. The summed E-state index contributed by atoms with van der Waals surface area (Å²) in [7, 11) is 0. The number of ether oxygens (including phenoxy) is 1. The van der Waals surface area contributed by atoms with Crippen LogP contribution in [0.1, 0.15) is 17.0 Å². The first-order valence-corrected chi connectivity index (χ1v) is 10.6. The quantitative estimate of drug-likeness (QED) is 0.223. The maximum absolute atomic E-state index is 13.5. The lowest BCUT2D eigenvalue weighted by atomic mass is 10.0. The minimum atomic E-state index is -0.701. The molecule has 3 aromatic carbocycles. The third-order valence-electron chi connectivity index (χ3n) is 5.06. The third-order valence-corrected chi connectivity index (χ3v) is 5.31. The van der Waals surface area contributed by atoms with Crippen LogP contribution in [0.5, 0.6) is 0 Å². The van der Waals surface area contributed by atoms with Crippen molar-refractivity contribution in [3.8, 4) is 6.07 Å². The molecule has 1 aromatic heterocycles. The van der Waals surface area contributed by atoms with Crippen molar-refractivity contribution < 1.29 is 13.9 Å². The fourth-order valence-corrected chi connectivity index (χ4v) is 3.51. The average Bonchev–Trinajstić information content (AvgIpc) is 2.85. The second-order valence-corrected chi connectivity index (χ2v) is 7.72. The minimum Gasteiger partial charge on any atom is -0.454 e. The molecule has 168 valence electrons. The summed E-state index contributed by atoms with van der Waals surface area (Å²) in [6, 6.07) is 20.9. The predicted molar refractivity (Wildman–Crippen MR) is 127 cm³/mol. The average molecular weight is 474 g/mol. The Kier molecular flexibility index (Phi) is 6.81. The highest BCUT2D eigenvalue weighted by Gasteiger charge is 2.17. The second-order valence-electron chi connectivity index (χ2n) is 7.29. The van der Waals surface area contributed by atoms with Gasteiger partial charge in [-0.2, -0.15) is 5.26 Å². The Bertz CT molecular complexity index is 1490. The highest BCUT2D eigenvalue weighted by Crippen LogP contribution is 2.22. The van der Waals surface area contributed by atoms with Gasteiger partial charge in [-0.1, -0.05) is 48.0 Å². The number of carbonyl (C=O) groups excluding carboxylic acids is 1. The highest BCUT2D eigenvalue weighted by atomic mass is 35.5. The van der Waals surface area contributed by atoms with Crippen molar-refractivity contribution in [3.05, 3.63) is 111 Å². The van der Waals surface area contributed by atoms with E-state index in [9.17, 15) is 14.0 Å². The van der Waals surface area contributed by atoms with Gasteiger partial charge in [0.2, 0.25) is 0 Å². The van der Waals surface area contributed by atoms with E-state index in [4.69, 9.17) is 21.6 Å². The first-order chi connectivity index (χ1) is 16.5. The van der Waals surface area contributed by atoms with Crippen molar-refractivity contribution in [2.45, 2.75) is 13.2 Å². The molecule has 34 heavy (non-hydrogen) atoms. The van der Waals surface area contributed by atoms with Gasteiger partial charge in [-0.25, -0.2) is 14.2 Å². The molecule has 0 bridgehead atoms. The molecule has 4 rings (SSSR count). The molecule has 0 N–H and O–H groups in total. The van der Waals surface area contributed by atoms with Gasteiger partial charge in [-0.15, -0.1) is 0 Å². The molecule has 0 saturated carbocycles. The standard InChI is InChI=1S/C26H17ClFN3O3/c27-19-9-5-17(6-10-19)15-22(18-7-11-20(28)12-8-18)26(33)34-16-24-30-23-4-2-1-3-21(23)25(32)31(24)14-13-29/h1-12,15H,14,16H2/b22-15+. The van der Waals surface area contributed by atoms with E-state index in [1.807, 2.05) is 6.07 Å². The second kappa shape index (κ2) is 10.1. The van der Waals surface area contributed by atoms with E-state index in [0.717, 1.165) is 0 Å². The maximum Gasteiger partial charge on any atom is 0.339 e. The van der Waals surface area contributed by atoms with Gasteiger partial charge >= 0.3 is 5.97 Å². The first kappa shape index (κ1) is 22.9. The monoisotopic (exact) mass is 473 g/mol.